The molecule has 0 saturated heterocycles. The molecule has 0 spiro atoms. The summed E-state index contributed by atoms with van der Waals surface area (Å²) in [5.74, 6) is -25.8. The summed E-state index contributed by atoms with van der Waals surface area (Å²) in [5, 5.41) is 4.91. The van der Waals surface area contributed by atoms with Crippen LogP contribution in [-0.2, 0) is 4.79 Å². The van der Waals surface area contributed by atoms with Gasteiger partial charge in [-0.3, -0.25) is 4.79 Å². The molecule has 0 radical (unpaired) electrons. The number of carbonyl (C=O) groups excluding carboxylic acids is 1. The van der Waals surface area contributed by atoms with Crippen molar-refractivity contribution in [2.75, 3.05) is 0 Å². The molecule has 0 saturated carbocycles. The number of hydrogen-bond acceptors (Lipinski definition) is 2. The molecule has 2 nitrogen and oxygen atoms in total. The van der Waals surface area contributed by atoms with Gasteiger partial charge in [0.05, 0.1) is 16.3 Å². The van der Waals surface area contributed by atoms with Crippen LogP contribution in [0.4, 0.5) is 61.5 Å². The van der Waals surface area contributed by atoms with Crippen molar-refractivity contribution in [1.82, 2.24) is 0 Å². The molecule has 2 aromatic rings. The van der Waals surface area contributed by atoms with Crippen LogP contribution in [0.1, 0.15) is 5.56 Å². The van der Waals surface area contributed by atoms with Gasteiger partial charge < -0.3 is 5.11 Å². The minimum Gasteiger partial charge on any atom is -0.507 e. The van der Waals surface area contributed by atoms with Gasteiger partial charge in [0.15, 0.2) is 34.9 Å². The molecule has 2 rings (SSSR count). The van der Waals surface area contributed by atoms with Crippen LogP contribution in [0.2, 0.25) is 0 Å². The maximum absolute atomic E-state index is 14.4. The van der Waals surface area contributed by atoms with Crippen LogP contribution in [0.3, 0.4) is 0 Å². The molecule has 0 fully saturated rings. The molecular weight excluding hydrogens is 490 g/mol. The van der Waals surface area contributed by atoms with E-state index in [1.54, 1.807) is 0 Å². The second kappa shape index (κ2) is 7.51. The van der Waals surface area contributed by atoms with Gasteiger partial charge in [0.1, 0.15) is 11.6 Å². The summed E-state index contributed by atoms with van der Waals surface area (Å²) in [6.07, 6.45) is -15.4. The SMILES string of the molecule is O=C(/C=C(\O)c1c(F)c(F)c2c(F)c(F)c(F)c(F)c2c1F)C(F)(C(F)(F)F)C(F)(F)F. The van der Waals surface area contributed by atoms with Gasteiger partial charge in [-0.05, 0) is 0 Å². The molecule has 0 aliphatic heterocycles. The van der Waals surface area contributed by atoms with Gasteiger partial charge in [-0.15, -0.1) is 0 Å². The molecular formula is C16H2F14O2. The van der Waals surface area contributed by atoms with E-state index in [4.69, 9.17) is 0 Å². The summed E-state index contributed by atoms with van der Waals surface area (Å²) in [6.45, 7) is 0. The van der Waals surface area contributed by atoms with Gasteiger partial charge in [-0.1, -0.05) is 0 Å². The molecule has 0 aliphatic carbocycles. The van der Waals surface area contributed by atoms with Crippen LogP contribution in [-0.4, -0.2) is 28.9 Å². The lowest BCUT2D eigenvalue weighted by molar-refractivity contribution is -0.323. The molecule has 2 aromatic carbocycles. The standard InChI is InChI=1S/C16H2F14O2/c17-7-4(2(31)1-3(32)14(24,15(25,26)27)16(28,29)30)8(18)9(19)6-5(7)10(20)12(22)13(23)11(6)21/h1,31H/b2-1-. The highest BCUT2D eigenvalue weighted by molar-refractivity contribution is 6.03. The summed E-state index contributed by atoms with van der Waals surface area (Å²) < 4.78 is 185. The Morgan fingerprint density at radius 2 is 0.938 bits per heavy atom. The van der Waals surface area contributed by atoms with E-state index in [1.165, 1.54) is 0 Å². The summed E-state index contributed by atoms with van der Waals surface area (Å²) in [6, 6.07) is 0. The third-order valence-electron chi connectivity index (χ3n) is 3.98. The number of aliphatic hydroxyl groups is 1. The van der Waals surface area contributed by atoms with E-state index in [1.807, 2.05) is 0 Å². The van der Waals surface area contributed by atoms with Crippen molar-refractivity contribution in [3.63, 3.8) is 0 Å². The zero-order valence-corrected chi connectivity index (χ0v) is 14.2. The Morgan fingerprint density at radius 1 is 0.594 bits per heavy atom. The first-order valence-corrected chi connectivity index (χ1v) is 7.40. The lowest BCUT2D eigenvalue weighted by Crippen LogP contribution is -2.58. The predicted octanol–water partition coefficient (Wildman–Crippen LogP) is 6.11. The first-order valence-electron chi connectivity index (χ1n) is 7.40. The fourth-order valence-corrected chi connectivity index (χ4v) is 2.45. The molecule has 1 N–H and O–H groups in total. The number of alkyl halides is 7. The third kappa shape index (κ3) is 3.40. The van der Waals surface area contributed by atoms with Crippen molar-refractivity contribution >= 4 is 22.3 Å². The first kappa shape index (κ1) is 25.2. The molecule has 0 aliphatic rings. The summed E-state index contributed by atoms with van der Waals surface area (Å²) in [5.41, 5.74) is -9.23. The Hall–Kier alpha value is -3.07. The normalized spacial score (nSPS) is 13.8. The highest BCUT2D eigenvalue weighted by Gasteiger charge is 2.76. The van der Waals surface area contributed by atoms with Crippen LogP contribution in [0, 0.1) is 40.7 Å². The zero-order chi connectivity index (χ0) is 25.1. The van der Waals surface area contributed by atoms with Gasteiger partial charge >= 0.3 is 18.0 Å². The average molecular weight is 492 g/mol. The molecule has 176 valence electrons. The van der Waals surface area contributed by atoms with Crippen molar-refractivity contribution < 1.29 is 71.4 Å². The van der Waals surface area contributed by atoms with Gasteiger partial charge in [0, 0.05) is 6.08 Å². The average Bonchev–Trinajstić information content (AvgIpc) is 2.64. The number of carbonyl (C=O) groups is 1. The maximum atomic E-state index is 14.4. The highest BCUT2D eigenvalue weighted by Crippen LogP contribution is 2.47. The van der Waals surface area contributed by atoms with E-state index in [0.717, 1.165) is 0 Å². The number of rotatable bonds is 3. The predicted molar refractivity (Wildman–Crippen MR) is 75.2 cm³/mol. The van der Waals surface area contributed by atoms with Crippen LogP contribution in [0.5, 0.6) is 0 Å². The second-order valence-electron chi connectivity index (χ2n) is 5.87. The van der Waals surface area contributed by atoms with E-state index in [9.17, 15) is 71.4 Å². The van der Waals surface area contributed by atoms with Crippen LogP contribution >= 0.6 is 0 Å². The number of ketones is 1. The fourth-order valence-electron chi connectivity index (χ4n) is 2.45. The number of fused-ring (bicyclic) bond motifs is 1. The van der Waals surface area contributed by atoms with Crippen molar-refractivity contribution in [3.05, 3.63) is 52.4 Å². The maximum Gasteiger partial charge on any atom is 0.439 e. The van der Waals surface area contributed by atoms with Gasteiger partial charge in [-0.2, -0.15) is 26.3 Å². The third-order valence-corrected chi connectivity index (χ3v) is 3.98. The van der Waals surface area contributed by atoms with Crippen LogP contribution in [0.15, 0.2) is 6.08 Å². The Labute approximate surface area is 165 Å². The topological polar surface area (TPSA) is 37.3 Å². The molecule has 0 heterocycles. The Kier molecular flexibility index (Phi) is 5.91. The molecule has 32 heavy (non-hydrogen) atoms. The van der Waals surface area contributed by atoms with E-state index in [2.05, 4.69) is 0 Å². The molecule has 0 aromatic heterocycles. The first-order chi connectivity index (χ1) is 14.3. The number of halogens is 14. The van der Waals surface area contributed by atoms with Gasteiger partial charge in [0.25, 0.3) is 0 Å². The zero-order valence-electron chi connectivity index (χ0n) is 14.2. The van der Waals surface area contributed by atoms with Crippen molar-refractivity contribution in [1.29, 1.82) is 0 Å². The number of aliphatic hydroxyl groups excluding tert-OH is 1. The summed E-state index contributed by atoms with van der Waals surface area (Å²) in [7, 11) is 0. The lowest BCUT2D eigenvalue weighted by Gasteiger charge is -2.27. The van der Waals surface area contributed by atoms with E-state index >= 15 is 0 Å². The minimum atomic E-state index is -7.01. The lowest BCUT2D eigenvalue weighted by atomic mass is 9.96. The highest BCUT2D eigenvalue weighted by atomic mass is 19.4. The Bertz CT molecular complexity index is 1140. The number of allylic oxidation sites excluding steroid dienone is 1. The summed E-state index contributed by atoms with van der Waals surface area (Å²) >= 11 is 0. The Balaban J connectivity index is 2.89. The molecule has 0 unspecified atom stereocenters. The minimum absolute atomic E-state index is 1.36. The molecule has 0 bridgehead atoms. The van der Waals surface area contributed by atoms with Crippen LogP contribution < -0.4 is 0 Å². The van der Waals surface area contributed by atoms with E-state index in [0.29, 0.717) is 0 Å². The van der Waals surface area contributed by atoms with Crippen LogP contribution in [0.25, 0.3) is 16.5 Å². The van der Waals surface area contributed by atoms with E-state index < -0.39 is 92.7 Å². The fraction of sp³-hybridized carbons (Fsp3) is 0.188. The van der Waals surface area contributed by atoms with Gasteiger partial charge in [-0.25, -0.2) is 35.1 Å². The Morgan fingerprint density at radius 3 is 1.31 bits per heavy atom. The van der Waals surface area contributed by atoms with E-state index in [-0.39, 0.29) is 0 Å². The molecule has 0 atom stereocenters. The second-order valence-corrected chi connectivity index (χ2v) is 5.87. The number of hydrogen-bond donors (Lipinski definition) is 1. The molecule has 0 amide bonds. The smallest absolute Gasteiger partial charge is 0.439 e. The van der Waals surface area contributed by atoms with Crippen molar-refractivity contribution in [2.24, 2.45) is 0 Å². The molecule has 16 heteroatoms. The van der Waals surface area contributed by atoms with Crippen molar-refractivity contribution in [3.8, 4) is 0 Å². The summed E-state index contributed by atoms with van der Waals surface area (Å²) in [4.78, 5) is 11.3. The van der Waals surface area contributed by atoms with Crippen molar-refractivity contribution in [2.45, 2.75) is 18.0 Å². The van der Waals surface area contributed by atoms with Gasteiger partial charge in [0.2, 0.25) is 5.78 Å². The number of benzene rings is 2. The quantitative estimate of drug-likeness (QED) is 0.185. The largest absolute Gasteiger partial charge is 0.507 e. The monoisotopic (exact) mass is 492 g/mol.